The third kappa shape index (κ3) is 5.71. The molecule has 3 rings (SSSR count). The van der Waals surface area contributed by atoms with Crippen molar-refractivity contribution >= 4 is 22.5 Å². The molecule has 0 aliphatic rings. The Morgan fingerprint density at radius 3 is 2.04 bits per heavy atom. The number of Topliss-reactive ketones (excluding diaryl/α,β-unsaturated/α-hetero) is 2. The molecule has 0 aliphatic heterocycles. The average Bonchev–Trinajstić information content (AvgIpc) is 3.09. The van der Waals surface area contributed by atoms with Crippen molar-refractivity contribution < 1.29 is 9.59 Å². The van der Waals surface area contributed by atoms with Crippen LogP contribution in [-0.2, 0) is 11.2 Å². The maximum absolute atomic E-state index is 12.3. The maximum atomic E-state index is 12.3. The number of aromatic amines is 1. The van der Waals surface area contributed by atoms with Gasteiger partial charge in [-0.25, -0.2) is 0 Å². The summed E-state index contributed by atoms with van der Waals surface area (Å²) >= 11 is 0. The molecule has 2 aromatic carbocycles. The molecule has 0 amide bonds. The van der Waals surface area contributed by atoms with Gasteiger partial charge in [-0.2, -0.15) is 0 Å². The molecular weight excluding hydrogens is 310 g/mol. The van der Waals surface area contributed by atoms with Crippen LogP contribution in [0.4, 0.5) is 0 Å². The largest absolute Gasteiger partial charge is 0.360 e. The Bertz CT molecular complexity index is 773. The van der Waals surface area contributed by atoms with Crippen molar-refractivity contribution in [3.05, 3.63) is 71.9 Å². The number of aromatic nitrogens is 1. The fourth-order valence-corrected chi connectivity index (χ4v) is 2.27. The number of H-pyrrole nitrogens is 1. The Balaban J connectivity index is 0.00000108. The molecule has 0 bridgehead atoms. The molecule has 0 aliphatic carbocycles. The highest BCUT2D eigenvalue weighted by atomic mass is 16.2. The molecule has 3 aromatic rings. The predicted octanol–water partition coefficient (Wildman–Crippen LogP) is 5.85. The second-order valence-electron chi connectivity index (χ2n) is 4.66. The number of ketones is 2. The van der Waals surface area contributed by atoms with E-state index in [4.69, 9.17) is 0 Å². The first kappa shape index (κ1) is 22.3. The molecular formula is C22H29NO2. The highest BCUT2D eigenvalue weighted by Crippen LogP contribution is 2.18. The number of rotatable bonds is 4. The normalized spacial score (nSPS) is 8.96. The van der Waals surface area contributed by atoms with Gasteiger partial charge in [0.15, 0.2) is 0 Å². The summed E-state index contributed by atoms with van der Waals surface area (Å²) in [4.78, 5) is 27.4. The number of carbonyl (C=O) groups is 2. The van der Waals surface area contributed by atoms with Crippen molar-refractivity contribution in [2.24, 2.45) is 0 Å². The monoisotopic (exact) mass is 339 g/mol. The van der Waals surface area contributed by atoms with Crippen LogP contribution in [-0.4, -0.2) is 16.6 Å². The summed E-state index contributed by atoms with van der Waals surface area (Å²) in [7, 11) is 0. The van der Waals surface area contributed by atoms with E-state index in [0.717, 1.165) is 16.5 Å². The van der Waals surface area contributed by atoms with Gasteiger partial charge in [0.25, 0.3) is 0 Å². The van der Waals surface area contributed by atoms with Crippen LogP contribution < -0.4 is 0 Å². The molecule has 1 aromatic heterocycles. The van der Waals surface area contributed by atoms with E-state index in [1.807, 2.05) is 82.3 Å². The Labute approximate surface area is 151 Å². The van der Waals surface area contributed by atoms with Gasteiger partial charge in [0.1, 0.15) is 0 Å². The number of benzene rings is 2. The van der Waals surface area contributed by atoms with Crippen LogP contribution in [0.5, 0.6) is 0 Å². The van der Waals surface area contributed by atoms with Gasteiger partial charge in [0.2, 0.25) is 11.6 Å². The Morgan fingerprint density at radius 2 is 1.40 bits per heavy atom. The van der Waals surface area contributed by atoms with Crippen LogP contribution in [0, 0.1) is 0 Å². The second kappa shape index (κ2) is 11.8. The molecule has 0 fully saturated rings. The lowest BCUT2D eigenvalue weighted by Crippen LogP contribution is -2.16. The molecule has 0 atom stereocenters. The van der Waals surface area contributed by atoms with E-state index in [1.54, 1.807) is 6.20 Å². The summed E-state index contributed by atoms with van der Waals surface area (Å²) in [6, 6.07) is 16.8. The van der Waals surface area contributed by atoms with Gasteiger partial charge in [-0.1, -0.05) is 83.7 Å². The fourth-order valence-electron chi connectivity index (χ4n) is 2.27. The van der Waals surface area contributed by atoms with Crippen LogP contribution in [0.25, 0.3) is 10.9 Å². The number of nitrogens with one attached hydrogen (secondary N) is 1. The molecule has 25 heavy (non-hydrogen) atoms. The van der Waals surface area contributed by atoms with Crippen molar-refractivity contribution in [2.45, 2.75) is 41.5 Å². The van der Waals surface area contributed by atoms with Crippen molar-refractivity contribution in [3.63, 3.8) is 0 Å². The summed E-state index contributed by atoms with van der Waals surface area (Å²) in [5.74, 6) is -0.827. The zero-order valence-electron chi connectivity index (χ0n) is 14.8. The first-order valence-electron chi connectivity index (χ1n) is 8.43. The van der Waals surface area contributed by atoms with E-state index >= 15 is 0 Å². The van der Waals surface area contributed by atoms with Crippen LogP contribution in [0.1, 0.15) is 51.0 Å². The van der Waals surface area contributed by atoms with Crippen molar-refractivity contribution in [2.75, 3.05) is 0 Å². The zero-order chi connectivity index (χ0) is 17.9. The highest BCUT2D eigenvalue weighted by molar-refractivity contribution is 6.46. The summed E-state index contributed by atoms with van der Waals surface area (Å²) in [5.41, 5.74) is 2.16. The summed E-state index contributed by atoms with van der Waals surface area (Å²) in [5, 5.41) is 0.791. The van der Waals surface area contributed by atoms with Gasteiger partial charge in [-0.05, 0) is 11.6 Å². The maximum Gasteiger partial charge on any atom is 0.231 e. The van der Waals surface area contributed by atoms with Crippen LogP contribution in [0.2, 0.25) is 0 Å². The van der Waals surface area contributed by atoms with Crippen LogP contribution in [0.3, 0.4) is 0 Å². The molecule has 3 nitrogen and oxygen atoms in total. The average molecular weight is 339 g/mol. The van der Waals surface area contributed by atoms with E-state index < -0.39 is 5.78 Å². The summed E-state index contributed by atoms with van der Waals surface area (Å²) < 4.78 is 0. The minimum absolute atomic E-state index is 0. The first-order chi connectivity index (χ1) is 11.8. The molecule has 134 valence electrons. The Hall–Kier alpha value is -2.68. The van der Waals surface area contributed by atoms with Crippen molar-refractivity contribution in [1.29, 1.82) is 0 Å². The Kier molecular flexibility index (Phi) is 10.5. The van der Waals surface area contributed by atoms with Crippen molar-refractivity contribution in [1.82, 2.24) is 4.98 Å². The molecule has 0 unspecified atom stereocenters. The number of carbonyl (C=O) groups excluding carboxylic acids is 2. The summed E-state index contributed by atoms with van der Waals surface area (Å²) in [6.45, 7) is 8.00. The number of fused-ring (bicyclic) bond motifs is 1. The third-order valence-corrected chi connectivity index (χ3v) is 3.29. The summed E-state index contributed by atoms with van der Waals surface area (Å²) in [6.07, 6.45) is 1.75. The highest BCUT2D eigenvalue weighted by Gasteiger charge is 2.19. The molecule has 0 saturated carbocycles. The van der Waals surface area contributed by atoms with E-state index in [9.17, 15) is 9.59 Å². The lowest BCUT2D eigenvalue weighted by atomic mass is 10.0. The van der Waals surface area contributed by atoms with Gasteiger partial charge in [-0.15, -0.1) is 0 Å². The molecule has 0 spiro atoms. The zero-order valence-corrected chi connectivity index (χ0v) is 14.8. The van der Waals surface area contributed by atoms with E-state index in [2.05, 4.69) is 4.98 Å². The third-order valence-electron chi connectivity index (χ3n) is 3.29. The standard InChI is InChI=1S/C17H13NO2.2C2H6.CH4/c19-16(10-12-6-2-1-3-7-12)17(20)14-11-18-15-9-5-4-8-13(14)15;2*1-2;/h1-9,11,18H,10H2;2*1-2H3;1H4. The van der Waals surface area contributed by atoms with Gasteiger partial charge in [-0.3, -0.25) is 9.59 Å². The molecule has 3 heteroatoms. The topological polar surface area (TPSA) is 49.9 Å². The minimum atomic E-state index is -0.439. The number of hydrogen-bond acceptors (Lipinski definition) is 2. The molecule has 0 radical (unpaired) electrons. The minimum Gasteiger partial charge on any atom is -0.360 e. The van der Waals surface area contributed by atoms with E-state index in [0.29, 0.717) is 5.56 Å². The molecule has 0 saturated heterocycles. The van der Waals surface area contributed by atoms with Crippen LogP contribution in [0.15, 0.2) is 60.8 Å². The van der Waals surface area contributed by atoms with Crippen molar-refractivity contribution in [3.8, 4) is 0 Å². The number of para-hydroxylation sites is 1. The second-order valence-corrected chi connectivity index (χ2v) is 4.66. The molecule has 1 N–H and O–H groups in total. The Morgan fingerprint density at radius 1 is 0.840 bits per heavy atom. The quantitative estimate of drug-likeness (QED) is 0.479. The lowest BCUT2D eigenvalue weighted by molar-refractivity contribution is -0.114. The van der Waals surface area contributed by atoms with Gasteiger partial charge in [0.05, 0.1) is 5.56 Å². The molecule has 1 heterocycles. The smallest absolute Gasteiger partial charge is 0.231 e. The van der Waals surface area contributed by atoms with Gasteiger partial charge >= 0.3 is 0 Å². The van der Waals surface area contributed by atoms with E-state index in [1.165, 1.54) is 0 Å². The van der Waals surface area contributed by atoms with Crippen LogP contribution >= 0.6 is 0 Å². The van der Waals surface area contributed by atoms with Gasteiger partial charge in [0, 0.05) is 23.5 Å². The fraction of sp³-hybridized carbons (Fsp3) is 0.273. The first-order valence-corrected chi connectivity index (χ1v) is 8.43. The number of hydrogen-bond donors (Lipinski definition) is 1. The van der Waals surface area contributed by atoms with E-state index in [-0.39, 0.29) is 19.6 Å². The SMILES string of the molecule is C.CC.CC.O=C(Cc1ccccc1)C(=O)c1c[nH]c2ccccc12. The predicted molar refractivity (Wildman–Crippen MR) is 107 cm³/mol. The van der Waals surface area contributed by atoms with Gasteiger partial charge < -0.3 is 4.98 Å². The lowest BCUT2D eigenvalue weighted by Gasteiger charge is -2.00.